The van der Waals surface area contributed by atoms with Crippen LogP contribution in [0.4, 0.5) is 0 Å². The van der Waals surface area contributed by atoms with Gasteiger partial charge in [-0.25, -0.2) is 0 Å². The van der Waals surface area contributed by atoms with Gasteiger partial charge in [0.05, 0.1) is 0 Å². The molecule has 1 fully saturated rings. The number of carbonyl (C=O) groups excluding carboxylic acids is 1. The molecule has 0 spiro atoms. The van der Waals surface area contributed by atoms with Crippen molar-refractivity contribution in [2.75, 3.05) is 19.6 Å². The summed E-state index contributed by atoms with van der Waals surface area (Å²) in [5.41, 5.74) is 0. The van der Waals surface area contributed by atoms with Gasteiger partial charge in [0, 0.05) is 30.1 Å². The maximum atomic E-state index is 12.1. The highest BCUT2D eigenvalue weighted by Gasteiger charge is 2.23. The zero-order valence-electron chi connectivity index (χ0n) is 8.50. The number of nitrogens with zero attached hydrogens (tertiary/aromatic N) is 1. The normalized spacial score (nSPS) is 21.7. The fourth-order valence-corrected chi connectivity index (χ4v) is 3.21. The van der Waals surface area contributed by atoms with Gasteiger partial charge in [0.2, 0.25) is 0 Å². The number of halogens is 1. The van der Waals surface area contributed by atoms with Gasteiger partial charge < -0.3 is 10.2 Å². The smallest absolute Gasteiger partial charge is 0.265 e. The van der Waals surface area contributed by atoms with Crippen LogP contribution in [0.1, 0.15) is 16.6 Å². The van der Waals surface area contributed by atoms with E-state index in [0.717, 1.165) is 29.0 Å². The third-order valence-electron chi connectivity index (χ3n) is 2.47. The van der Waals surface area contributed by atoms with E-state index in [9.17, 15) is 4.79 Å². The van der Waals surface area contributed by atoms with Crippen LogP contribution in [0.5, 0.6) is 0 Å². The van der Waals surface area contributed by atoms with E-state index in [1.807, 2.05) is 16.3 Å². The first-order valence-corrected chi connectivity index (χ1v) is 6.61. The number of rotatable bonds is 1. The van der Waals surface area contributed by atoms with Crippen molar-refractivity contribution in [2.24, 2.45) is 0 Å². The second kappa shape index (κ2) is 4.63. The predicted octanol–water partition coefficient (Wildman–Crippen LogP) is 1.94. The second-order valence-corrected chi connectivity index (χ2v) is 5.47. The van der Waals surface area contributed by atoms with Gasteiger partial charge in [-0.2, -0.15) is 0 Å². The Morgan fingerprint density at radius 2 is 2.53 bits per heavy atom. The van der Waals surface area contributed by atoms with Crippen LogP contribution < -0.4 is 5.32 Å². The zero-order chi connectivity index (χ0) is 10.8. The minimum atomic E-state index is 0.144. The topological polar surface area (TPSA) is 32.3 Å². The van der Waals surface area contributed by atoms with Crippen molar-refractivity contribution < 1.29 is 4.79 Å². The first-order chi connectivity index (χ1) is 7.18. The van der Waals surface area contributed by atoms with Crippen LogP contribution in [0.15, 0.2) is 15.9 Å². The number of amides is 1. The maximum absolute atomic E-state index is 12.1. The first kappa shape index (κ1) is 11.1. The molecule has 3 nitrogen and oxygen atoms in total. The molecule has 2 heterocycles. The van der Waals surface area contributed by atoms with E-state index in [1.54, 1.807) is 0 Å². The molecule has 0 bridgehead atoms. The van der Waals surface area contributed by atoms with Crippen molar-refractivity contribution in [3.63, 3.8) is 0 Å². The molecule has 0 radical (unpaired) electrons. The van der Waals surface area contributed by atoms with Crippen LogP contribution in [0.25, 0.3) is 0 Å². The SMILES string of the molecule is C[C@H]1CN(C(=O)c2sccc2Br)CCN1. The Morgan fingerprint density at radius 3 is 3.13 bits per heavy atom. The number of hydrogen-bond acceptors (Lipinski definition) is 3. The van der Waals surface area contributed by atoms with Gasteiger partial charge in [-0.15, -0.1) is 11.3 Å². The average Bonchev–Trinajstić information content (AvgIpc) is 2.63. The van der Waals surface area contributed by atoms with E-state index in [4.69, 9.17) is 0 Å². The molecular weight excluding hydrogens is 276 g/mol. The summed E-state index contributed by atoms with van der Waals surface area (Å²) in [4.78, 5) is 14.8. The summed E-state index contributed by atoms with van der Waals surface area (Å²) in [5, 5.41) is 5.26. The number of carbonyl (C=O) groups is 1. The quantitative estimate of drug-likeness (QED) is 0.857. The van der Waals surface area contributed by atoms with Crippen molar-refractivity contribution in [1.82, 2.24) is 10.2 Å². The number of nitrogens with one attached hydrogen (secondary N) is 1. The molecule has 0 aliphatic carbocycles. The molecule has 0 unspecified atom stereocenters. The van der Waals surface area contributed by atoms with Crippen molar-refractivity contribution in [2.45, 2.75) is 13.0 Å². The van der Waals surface area contributed by atoms with Crippen molar-refractivity contribution in [1.29, 1.82) is 0 Å². The highest BCUT2D eigenvalue weighted by molar-refractivity contribution is 9.10. The third kappa shape index (κ3) is 2.41. The Kier molecular flexibility index (Phi) is 3.43. The fourth-order valence-electron chi connectivity index (χ4n) is 1.71. The standard InChI is InChI=1S/C10H13BrN2OS/c1-7-6-13(4-3-12-7)10(14)9-8(11)2-5-15-9/h2,5,7,12H,3-4,6H2,1H3/t7-/m0/s1. The van der Waals surface area contributed by atoms with Gasteiger partial charge in [-0.3, -0.25) is 4.79 Å². The van der Waals surface area contributed by atoms with Crippen LogP contribution in [-0.2, 0) is 0 Å². The Balaban J connectivity index is 2.11. The molecule has 15 heavy (non-hydrogen) atoms. The third-order valence-corrected chi connectivity index (χ3v) is 4.29. The molecule has 5 heteroatoms. The van der Waals surface area contributed by atoms with E-state index in [2.05, 4.69) is 28.2 Å². The van der Waals surface area contributed by atoms with Gasteiger partial charge >= 0.3 is 0 Å². The fraction of sp³-hybridized carbons (Fsp3) is 0.500. The summed E-state index contributed by atoms with van der Waals surface area (Å²) < 4.78 is 0.906. The van der Waals surface area contributed by atoms with Gasteiger partial charge in [-0.1, -0.05) is 0 Å². The highest BCUT2D eigenvalue weighted by atomic mass is 79.9. The molecule has 0 aromatic carbocycles. The summed E-state index contributed by atoms with van der Waals surface area (Å²) in [6.07, 6.45) is 0. The summed E-state index contributed by atoms with van der Waals surface area (Å²) in [6, 6.07) is 2.31. The predicted molar refractivity (Wildman–Crippen MR) is 65.4 cm³/mol. The van der Waals surface area contributed by atoms with Crippen molar-refractivity contribution in [3.8, 4) is 0 Å². The summed E-state index contributed by atoms with van der Waals surface area (Å²) in [5.74, 6) is 0.144. The Labute approximate surface area is 102 Å². The molecule has 0 saturated carbocycles. The average molecular weight is 289 g/mol. The lowest BCUT2D eigenvalue weighted by Crippen LogP contribution is -2.51. The van der Waals surface area contributed by atoms with Crippen molar-refractivity contribution >= 4 is 33.2 Å². The summed E-state index contributed by atoms with van der Waals surface area (Å²) in [7, 11) is 0. The van der Waals surface area contributed by atoms with Gasteiger partial charge in [0.25, 0.3) is 5.91 Å². The summed E-state index contributed by atoms with van der Waals surface area (Å²) in [6.45, 7) is 4.58. The Morgan fingerprint density at radius 1 is 1.73 bits per heavy atom. The van der Waals surface area contributed by atoms with Gasteiger partial charge in [0.1, 0.15) is 4.88 Å². The lowest BCUT2D eigenvalue weighted by Gasteiger charge is -2.31. The lowest BCUT2D eigenvalue weighted by molar-refractivity contribution is 0.0713. The molecule has 82 valence electrons. The number of piperazine rings is 1. The molecule has 1 aliphatic heterocycles. The lowest BCUT2D eigenvalue weighted by atomic mass is 10.2. The molecular formula is C10H13BrN2OS. The van der Waals surface area contributed by atoms with Crippen molar-refractivity contribution in [3.05, 3.63) is 20.8 Å². The van der Waals surface area contributed by atoms with E-state index < -0.39 is 0 Å². The van der Waals surface area contributed by atoms with Gasteiger partial charge in [-0.05, 0) is 34.3 Å². The van der Waals surface area contributed by atoms with E-state index >= 15 is 0 Å². The van der Waals surface area contributed by atoms with Crippen LogP contribution >= 0.6 is 27.3 Å². The van der Waals surface area contributed by atoms with E-state index in [1.165, 1.54) is 11.3 Å². The second-order valence-electron chi connectivity index (χ2n) is 3.70. The molecule has 2 rings (SSSR count). The minimum absolute atomic E-state index is 0.144. The van der Waals surface area contributed by atoms with Crippen LogP contribution in [-0.4, -0.2) is 36.5 Å². The molecule has 1 atom stereocenters. The van der Waals surface area contributed by atoms with Crippen LogP contribution in [0.3, 0.4) is 0 Å². The molecule has 1 amide bonds. The molecule has 1 saturated heterocycles. The molecule has 1 N–H and O–H groups in total. The Bertz CT molecular complexity index is 366. The van der Waals surface area contributed by atoms with Crippen LogP contribution in [0, 0.1) is 0 Å². The van der Waals surface area contributed by atoms with Gasteiger partial charge in [0.15, 0.2) is 0 Å². The number of thiophene rings is 1. The minimum Gasteiger partial charge on any atom is -0.335 e. The molecule has 1 aromatic rings. The molecule has 1 aliphatic rings. The van der Waals surface area contributed by atoms with E-state index in [0.29, 0.717) is 6.04 Å². The van der Waals surface area contributed by atoms with Crippen LogP contribution in [0.2, 0.25) is 0 Å². The van der Waals surface area contributed by atoms with E-state index in [-0.39, 0.29) is 5.91 Å². The monoisotopic (exact) mass is 288 g/mol. The Hall–Kier alpha value is -0.390. The number of hydrogen-bond donors (Lipinski definition) is 1. The highest BCUT2D eigenvalue weighted by Crippen LogP contribution is 2.24. The molecule has 1 aromatic heterocycles. The maximum Gasteiger partial charge on any atom is 0.265 e. The zero-order valence-corrected chi connectivity index (χ0v) is 10.9. The first-order valence-electron chi connectivity index (χ1n) is 4.94. The summed E-state index contributed by atoms with van der Waals surface area (Å²) >= 11 is 4.89. The largest absolute Gasteiger partial charge is 0.335 e.